The summed E-state index contributed by atoms with van der Waals surface area (Å²) in [5, 5.41) is 2.83. The molecule has 1 saturated heterocycles. The molecular formula is C13H18N2O2. The SMILES string of the molecule is Nc1cccc(NC(=O)CC2CCCCO2)c1. The Morgan fingerprint density at radius 1 is 1.47 bits per heavy atom. The number of hydrogen-bond donors (Lipinski definition) is 2. The fourth-order valence-corrected chi connectivity index (χ4v) is 2.00. The van der Waals surface area contributed by atoms with Crippen LogP contribution in [-0.2, 0) is 9.53 Å². The van der Waals surface area contributed by atoms with Crippen LogP contribution in [0.3, 0.4) is 0 Å². The molecule has 0 aromatic heterocycles. The van der Waals surface area contributed by atoms with E-state index in [2.05, 4.69) is 5.32 Å². The molecule has 4 heteroatoms. The number of amides is 1. The lowest BCUT2D eigenvalue weighted by Gasteiger charge is -2.21. The molecule has 1 aliphatic heterocycles. The predicted molar refractivity (Wildman–Crippen MR) is 67.7 cm³/mol. The van der Waals surface area contributed by atoms with Gasteiger partial charge in [0.05, 0.1) is 12.5 Å². The molecular weight excluding hydrogens is 216 g/mol. The molecule has 0 spiro atoms. The summed E-state index contributed by atoms with van der Waals surface area (Å²) in [7, 11) is 0. The summed E-state index contributed by atoms with van der Waals surface area (Å²) in [6.45, 7) is 0.774. The van der Waals surface area contributed by atoms with Crippen LogP contribution in [0.4, 0.5) is 11.4 Å². The maximum atomic E-state index is 11.8. The Labute approximate surface area is 101 Å². The van der Waals surface area contributed by atoms with Crippen LogP contribution in [0.5, 0.6) is 0 Å². The van der Waals surface area contributed by atoms with Crippen molar-refractivity contribution >= 4 is 17.3 Å². The predicted octanol–water partition coefficient (Wildman–Crippen LogP) is 2.17. The highest BCUT2D eigenvalue weighted by Crippen LogP contribution is 2.17. The Bertz CT molecular complexity index is 387. The zero-order valence-corrected chi connectivity index (χ0v) is 9.82. The number of nitrogens with one attached hydrogen (secondary N) is 1. The van der Waals surface area contributed by atoms with E-state index in [4.69, 9.17) is 10.5 Å². The van der Waals surface area contributed by atoms with Gasteiger partial charge in [-0.25, -0.2) is 0 Å². The Morgan fingerprint density at radius 3 is 3.06 bits per heavy atom. The van der Waals surface area contributed by atoms with Gasteiger partial charge in [-0.1, -0.05) is 6.07 Å². The molecule has 1 aromatic carbocycles. The number of nitrogen functional groups attached to an aromatic ring is 1. The molecule has 0 aliphatic carbocycles. The monoisotopic (exact) mass is 234 g/mol. The molecule has 0 bridgehead atoms. The van der Waals surface area contributed by atoms with Crippen LogP contribution >= 0.6 is 0 Å². The lowest BCUT2D eigenvalue weighted by Crippen LogP contribution is -2.25. The van der Waals surface area contributed by atoms with Crippen LogP contribution in [-0.4, -0.2) is 18.6 Å². The van der Waals surface area contributed by atoms with Gasteiger partial charge in [-0.05, 0) is 37.5 Å². The molecule has 1 aliphatic rings. The van der Waals surface area contributed by atoms with Crippen LogP contribution in [0.2, 0.25) is 0 Å². The van der Waals surface area contributed by atoms with Crippen molar-refractivity contribution < 1.29 is 9.53 Å². The molecule has 2 rings (SSSR count). The molecule has 4 nitrogen and oxygen atoms in total. The summed E-state index contributed by atoms with van der Waals surface area (Å²) >= 11 is 0. The highest BCUT2D eigenvalue weighted by atomic mass is 16.5. The first-order valence-electron chi connectivity index (χ1n) is 6.01. The lowest BCUT2D eigenvalue weighted by atomic mass is 10.1. The van der Waals surface area contributed by atoms with Gasteiger partial charge in [0.25, 0.3) is 0 Å². The Hall–Kier alpha value is -1.55. The quantitative estimate of drug-likeness (QED) is 0.788. The summed E-state index contributed by atoms with van der Waals surface area (Å²) in [4.78, 5) is 11.8. The Kier molecular flexibility index (Phi) is 3.98. The summed E-state index contributed by atoms with van der Waals surface area (Å²) in [6.07, 6.45) is 3.73. The molecule has 1 fully saturated rings. The minimum Gasteiger partial charge on any atom is -0.399 e. The van der Waals surface area contributed by atoms with E-state index in [1.165, 1.54) is 0 Å². The highest BCUT2D eigenvalue weighted by molar-refractivity contribution is 5.91. The fourth-order valence-electron chi connectivity index (χ4n) is 2.00. The van der Waals surface area contributed by atoms with E-state index < -0.39 is 0 Å². The molecule has 17 heavy (non-hydrogen) atoms. The van der Waals surface area contributed by atoms with E-state index in [0.717, 1.165) is 31.6 Å². The largest absolute Gasteiger partial charge is 0.399 e. The van der Waals surface area contributed by atoms with Gasteiger partial charge in [0.2, 0.25) is 5.91 Å². The Morgan fingerprint density at radius 2 is 2.35 bits per heavy atom. The van der Waals surface area contributed by atoms with Crippen molar-refractivity contribution in [3.63, 3.8) is 0 Å². The maximum absolute atomic E-state index is 11.8. The van der Waals surface area contributed by atoms with Gasteiger partial charge in [-0.2, -0.15) is 0 Å². The van der Waals surface area contributed by atoms with Crippen molar-refractivity contribution in [3.05, 3.63) is 24.3 Å². The molecule has 1 amide bonds. The van der Waals surface area contributed by atoms with Crippen LogP contribution in [0, 0.1) is 0 Å². The van der Waals surface area contributed by atoms with Gasteiger partial charge in [0, 0.05) is 18.0 Å². The van der Waals surface area contributed by atoms with E-state index in [1.54, 1.807) is 12.1 Å². The third-order valence-corrected chi connectivity index (χ3v) is 2.86. The number of rotatable bonds is 3. The number of carbonyl (C=O) groups excluding carboxylic acids is 1. The lowest BCUT2D eigenvalue weighted by molar-refractivity contribution is -0.119. The standard InChI is InChI=1S/C13H18N2O2/c14-10-4-3-5-11(8-10)15-13(16)9-12-6-1-2-7-17-12/h3-5,8,12H,1-2,6-7,9,14H2,(H,15,16). The smallest absolute Gasteiger partial charge is 0.226 e. The summed E-state index contributed by atoms with van der Waals surface area (Å²) in [6, 6.07) is 7.19. The summed E-state index contributed by atoms with van der Waals surface area (Å²) < 4.78 is 5.52. The average molecular weight is 234 g/mol. The van der Waals surface area contributed by atoms with Crippen molar-refractivity contribution in [1.82, 2.24) is 0 Å². The first-order valence-corrected chi connectivity index (χ1v) is 6.01. The van der Waals surface area contributed by atoms with E-state index in [-0.39, 0.29) is 12.0 Å². The Balaban J connectivity index is 1.84. The number of anilines is 2. The number of ether oxygens (including phenoxy) is 1. The zero-order chi connectivity index (χ0) is 12.1. The third kappa shape index (κ3) is 3.75. The number of benzene rings is 1. The van der Waals surface area contributed by atoms with Gasteiger partial charge in [0.1, 0.15) is 0 Å². The molecule has 3 N–H and O–H groups in total. The average Bonchev–Trinajstić information content (AvgIpc) is 2.30. The van der Waals surface area contributed by atoms with Crippen LogP contribution in [0.25, 0.3) is 0 Å². The van der Waals surface area contributed by atoms with E-state index in [1.807, 2.05) is 12.1 Å². The zero-order valence-electron chi connectivity index (χ0n) is 9.82. The molecule has 1 heterocycles. The minimum atomic E-state index is -0.0116. The highest BCUT2D eigenvalue weighted by Gasteiger charge is 2.17. The second-order valence-electron chi connectivity index (χ2n) is 4.37. The maximum Gasteiger partial charge on any atom is 0.226 e. The normalized spacial score (nSPS) is 19.9. The molecule has 0 saturated carbocycles. The van der Waals surface area contributed by atoms with Gasteiger partial charge in [-0.15, -0.1) is 0 Å². The topological polar surface area (TPSA) is 64.3 Å². The first-order chi connectivity index (χ1) is 8.24. The molecule has 1 unspecified atom stereocenters. The van der Waals surface area contributed by atoms with E-state index in [0.29, 0.717) is 12.1 Å². The minimum absolute atomic E-state index is 0.0116. The third-order valence-electron chi connectivity index (χ3n) is 2.86. The second-order valence-corrected chi connectivity index (χ2v) is 4.37. The fraction of sp³-hybridized carbons (Fsp3) is 0.462. The van der Waals surface area contributed by atoms with Crippen molar-refractivity contribution in [2.45, 2.75) is 31.8 Å². The van der Waals surface area contributed by atoms with Gasteiger partial charge < -0.3 is 15.8 Å². The van der Waals surface area contributed by atoms with Gasteiger partial charge in [-0.3, -0.25) is 4.79 Å². The molecule has 1 aromatic rings. The first kappa shape index (κ1) is 11.9. The van der Waals surface area contributed by atoms with Crippen LogP contribution in [0.15, 0.2) is 24.3 Å². The van der Waals surface area contributed by atoms with Crippen LogP contribution in [0.1, 0.15) is 25.7 Å². The summed E-state index contributed by atoms with van der Waals surface area (Å²) in [5.74, 6) is -0.0116. The van der Waals surface area contributed by atoms with Crippen molar-refractivity contribution in [1.29, 1.82) is 0 Å². The number of carbonyl (C=O) groups is 1. The van der Waals surface area contributed by atoms with Crippen molar-refractivity contribution in [2.24, 2.45) is 0 Å². The van der Waals surface area contributed by atoms with Gasteiger partial charge >= 0.3 is 0 Å². The second kappa shape index (κ2) is 5.68. The van der Waals surface area contributed by atoms with Gasteiger partial charge in [0.15, 0.2) is 0 Å². The van der Waals surface area contributed by atoms with Crippen molar-refractivity contribution in [2.75, 3.05) is 17.7 Å². The number of nitrogens with two attached hydrogens (primary N) is 1. The summed E-state index contributed by atoms with van der Waals surface area (Å²) in [5.41, 5.74) is 7.03. The van der Waals surface area contributed by atoms with E-state index in [9.17, 15) is 4.79 Å². The van der Waals surface area contributed by atoms with E-state index >= 15 is 0 Å². The molecule has 92 valence electrons. The number of hydrogen-bond acceptors (Lipinski definition) is 3. The van der Waals surface area contributed by atoms with Crippen molar-refractivity contribution in [3.8, 4) is 0 Å². The molecule has 0 radical (unpaired) electrons. The van der Waals surface area contributed by atoms with Crippen LogP contribution < -0.4 is 11.1 Å². The molecule has 1 atom stereocenters.